The monoisotopic (exact) mass is 280 g/mol. The molecule has 0 aliphatic carbocycles. The molecule has 0 heterocycles. The fourth-order valence-electron chi connectivity index (χ4n) is 1.44. The van der Waals surface area contributed by atoms with Gasteiger partial charge in [-0.25, -0.2) is 0 Å². The predicted molar refractivity (Wildman–Crippen MR) is 60.5 cm³/mol. The largest absolute Gasteiger partial charge is 0.461 e. The topological polar surface area (TPSA) is 17.1 Å². The molecular weight excluding hydrogens is 267 g/mol. The van der Waals surface area contributed by atoms with Gasteiger partial charge in [-0.1, -0.05) is 39.0 Å². The lowest BCUT2D eigenvalue weighted by molar-refractivity contribution is -0.255. The van der Waals surface area contributed by atoms with Gasteiger partial charge < -0.3 is 0 Å². The fraction of sp³-hybridized carbons (Fsp3) is 0.462. The third-order valence-corrected chi connectivity index (χ3v) is 2.63. The molecule has 1 nitrogen and oxygen atoms in total. The molecule has 6 heteroatoms. The van der Waals surface area contributed by atoms with Crippen molar-refractivity contribution in [2.75, 3.05) is 0 Å². The van der Waals surface area contributed by atoms with Gasteiger partial charge in [0.15, 0.2) is 0 Å². The quantitative estimate of drug-likeness (QED) is 0.581. The van der Waals surface area contributed by atoms with Gasteiger partial charge in [-0.2, -0.15) is 22.0 Å². The lowest BCUT2D eigenvalue weighted by atomic mass is 9.85. The molecule has 106 valence electrons. The molecule has 0 saturated heterocycles. The molecule has 0 radical (unpaired) electrons. The summed E-state index contributed by atoms with van der Waals surface area (Å²) in [4.78, 5) is 11.3. The van der Waals surface area contributed by atoms with E-state index in [9.17, 15) is 26.7 Å². The van der Waals surface area contributed by atoms with Crippen LogP contribution in [0.15, 0.2) is 24.3 Å². The van der Waals surface area contributed by atoms with E-state index >= 15 is 0 Å². The van der Waals surface area contributed by atoms with Gasteiger partial charge in [0.05, 0.1) is 0 Å². The zero-order valence-electron chi connectivity index (χ0n) is 10.6. The van der Waals surface area contributed by atoms with Crippen molar-refractivity contribution in [1.82, 2.24) is 0 Å². The number of rotatable bonds is 2. The Morgan fingerprint density at radius 3 is 1.95 bits per heavy atom. The van der Waals surface area contributed by atoms with E-state index in [0.717, 1.165) is 12.1 Å². The van der Waals surface area contributed by atoms with E-state index in [4.69, 9.17) is 0 Å². The van der Waals surface area contributed by atoms with Crippen LogP contribution in [0.4, 0.5) is 22.0 Å². The van der Waals surface area contributed by atoms with Crippen molar-refractivity contribution in [2.24, 2.45) is 0 Å². The third-order valence-electron chi connectivity index (χ3n) is 2.63. The molecular formula is C13H13F5O. The number of hydrogen-bond acceptors (Lipinski definition) is 1. The highest BCUT2D eigenvalue weighted by Crippen LogP contribution is 2.38. The van der Waals surface area contributed by atoms with E-state index in [1.165, 1.54) is 6.07 Å². The number of carbonyl (C=O) groups is 1. The second-order valence-corrected chi connectivity index (χ2v) is 5.23. The molecule has 0 atom stereocenters. The smallest absolute Gasteiger partial charge is 0.287 e. The zero-order chi connectivity index (χ0) is 15.1. The number of Topliss-reactive ketones (excluding diaryl/α,β-unsaturated/α-hetero) is 1. The first kappa shape index (κ1) is 15.6. The molecule has 0 fully saturated rings. The van der Waals surface area contributed by atoms with Crippen molar-refractivity contribution in [3.05, 3.63) is 35.4 Å². The van der Waals surface area contributed by atoms with E-state index < -0.39 is 28.9 Å². The Hall–Kier alpha value is -1.46. The molecule has 19 heavy (non-hydrogen) atoms. The van der Waals surface area contributed by atoms with Crippen molar-refractivity contribution in [2.45, 2.75) is 38.3 Å². The Bertz CT molecular complexity index is 483. The number of halogens is 5. The molecule has 0 aromatic heterocycles. The number of ketones is 1. The summed E-state index contributed by atoms with van der Waals surface area (Å²) in [5, 5.41) is 0. The second-order valence-electron chi connectivity index (χ2n) is 5.23. The molecule has 0 spiro atoms. The zero-order valence-corrected chi connectivity index (χ0v) is 10.6. The Kier molecular flexibility index (Phi) is 3.76. The average Bonchev–Trinajstić information content (AvgIpc) is 2.25. The summed E-state index contributed by atoms with van der Waals surface area (Å²) in [6.45, 7) is 5.29. The van der Waals surface area contributed by atoms with Crippen molar-refractivity contribution in [3.63, 3.8) is 0 Å². The lowest BCUT2D eigenvalue weighted by Crippen LogP contribution is -2.44. The minimum atomic E-state index is -5.89. The number of benzene rings is 1. The van der Waals surface area contributed by atoms with Gasteiger partial charge in [0.2, 0.25) is 5.78 Å². The van der Waals surface area contributed by atoms with Gasteiger partial charge >= 0.3 is 12.1 Å². The highest BCUT2D eigenvalue weighted by molar-refractivity contribution is 6.02. The molecule has 1 aromatic rings. The highest BCUT2D eigenvalue weighted by Gasteiger charge is 2.63. The summed E-state index contributed by atoms with van der Waals surface area (Å²) in [5.74, 6) is -7.60. The minimum absolute atomic E-state index is 0.455. The molecule has 1 aromatic carbocycles. The minimum Gasteiger partial charge on any atom is -0.287 e. The molecule has 0 N–H and O–H groups in total. The van der Waals surface area contributed by atoms with Crippen LogP contribution in [0.25, 0.3) is 0 Å². The third kappa shape index (κ3) is 3.11. The van der Waals surface area contributed by atoms with Gasteiger partial charge in [0.1, 0.15) is 0 Å². The average molecular weight is 280 g/mol. The summed E-state index contributed by atoms with van der Waals surface area (Å²) in [5.41, 5.74) is -0.588. The fourth-order valence-corrected chi connectivity index (χ4v) is 1.44. The van der Waals surface area contributed by atoms with Crippen LogP contribution >= 0.6 is 0 Å². The molecule has 0 aliphatic heterocycles. The van der Waals surface area contributed by atoms with Gasteiger partial charge in [0, 0.05) is 5.56 Å². The number of carbonyl (C=O) groups excluding carboxylic acids is 1. The molecule has 0 saturated carbocycles. The Labute approximate surface area is 107 Å². The van der Waals surface area contributed by atoms with E-state index in [-0.39, 0.29) is 0 Å². The van der Waals surface area contributed by atoms with E-state index in [0.29, 0.717) is 5.56 Å². The highest BCUT2D eigenvalue weighted by atomic mass is 19.4. The van der Waals surface area contributed by atoms with Crippen LogP contribution in [0.5, 0.6) is 0 Å². The summed E-state index contributed by atoms with van der Waals surface area (Å²) in [7, 11) is 0. The van der Waals surface area contributed by atoms with Gasteiger partial charge in [-0.15, -0.1) is 0 Å². The first-order valence-electron chi connectivity index (χ1n) is 5.47. The van der Waals surface area contributed by atoms with Crippen LogP contribution in [-0.4, -0.2) is 17.9 Å². The second kappa shape index (κ2) is 4.58. The lowest BCUT2D eigenvalue weighted by Gasteiger charge is -2.21. The molecule has 1 rings (SSSR count). The number of alkyl halides is 5. The van der Waals surface area contributed by atoms with E-state index in [2.05, 4.69) is 0 Å². The van der Waals surface area contributed by atoms with Crippen molar-refractivity contribution in [3.8, 4) is 0 Å². The van der Waals surface area contributed by atoms with Crippen LogP contribution in [0.2, 0.25) is 0 Å². The summed E-state index contributed by atoms with van der Waals surface area (Å²) >= 11 is 0. The van der Waals surface area contributed by atoms with Crippen LogP contribution < -0.4 is 0 Å². The normalized spacial score (nSPS) is 13.5. The number of hydrogen-bond donors (Lipinski definition) is 0. The van der Waals surface area contributed by atoms with Crippen molar-refractivity contribution < 1.29 is 26.7 Å². The Balaban J connectivity index is 3.22. The predicted octanol–water partition coefficient (Wildman–Crippen LogP) is 4.36. The molecule has 0 bridgehead atoms. The molecule has 0 unspecified atom stereocenters. The molecule has 0 aliphatic rings. The Morgan fingerprint density at radius 2 is 1.53 bits per heavy atom. The maximum absolute atomic E-state index is 13.0. The first-order chi connectivity index (χ1) is 8.37. The summed E-state index contributed by atoms with van der Waals surface area (Å²) < 4.78 is 62.3. The summed E-state index contributed by atoms with van der Waals surface area (Å²) in [6.07, 6.45) is -5.89. The maximum atomic E-state index is 13.0. The van der Waals surface area contributed by atoms with E-state index in [1.807, 2.05) is 0 Å². The van der Waals surface area contributed by atoms with Crippen LogP contribution in [0, 0.1) is 0 Å². The Morgan fingerprint density at radius 1 is 1.00 bits per heavy atom. The van der Waals surface area contributed by atoms with Crippen molar-refractivity contribution >= 4 is 5.78 Å². The van der Waals surface area contributed by atoms with Crippen LogP contribution in [-0.2, 0) is 5.41 Å². The van der Waals surface area contributed by atoms with Crippen LogP contribution in [0.3, 0.4) is 0 Å². The first-order valence-corrected chi connectivity index (χ1v) is 5.47. The SMILES string of the molecule is CC(C)(C)c1cccc(C(=O)C(F)(F)C(F)(F)F)c1. The summed E-state index contributed by atoms with van der Waals surface area (Å²) in [6, 6.07) is 4.89. The van der Waals surface area contributed by atoms with Gasteiger partial charge in [0.25, 0.3) is 0 Å². The standard InChI is InChI=1S/C13H13F5O/c1-11(2,3)9-6-4-5-8(7-9)10(19)12(14,15)13(16,17)18/h4-7H,1-3H3. The molecule has 0 amide bonds. The van der Waals surface area contributed by atoms with Gasteiger partial charge in [-0.3, -0.25) is 4.79 Å². The van der Waals surface area contributed by atoms with Gasteiger partial charge in [-0.05, 0) is 17.0 Å². The van der Waals surface area contributed by atoms with Crippen molar-refractivity contribution in [1.29, 1.82) is 0 Å². The van der Waals surface area contributed by atoms with Crippen LogP contribution in [0.1, 0.15) is 36.7 Å². The van der Waals surface area contributed by atoms with E-state index in [1.54, 1.807) is 26.8 Å². The maximum Gasteiger partial charge on any atom is 0.461 e.